The van der Waals surface area contributed by atoms with Gasteiger partial charge in [-0.1, -0.05) is 54.3 Å². The van der Waals surface area contributed by atoms with E-state index in [9.17, 15) is 0 Å². The van der Waals surface area contributed by atoms with Gasteiger partial charge in [-0.15, -0.1) is 0 Å². The predicted molar refractivity (Wildman–Crippen MR) is 108 cm³/mol. The van der Waals surface area contributed by atoms with Crippen molar-refractivity contribution in [2.45, 2.75) is 25.4 Å². The average Bonchev–Trinajstić information content (AvgIpc) is 2.74. The topological polar surface area (TPSA) is 18.5 Å². The second kappa shape index (κ2) is 8.58. The summed E-state index contributed by atoms with van der Waals surface area (Å²) in [7, 11) is 0. The smallest absolute Gasteiger partial charge is 0.189 e. The number of benzene rings is 3. The summed E-state index contributed by atoms with van der Waals surface area (Å²) in [4.78, 5) is 0. The molecular formula is C25H22O2. The van der Waals surface area contributed by atoms with E-state index >= 15 is 0 Å². The summed E-state index contributed by atoms with van der Waals surface area (Å²) >= 11 is 0. The van der Waals surface area contributed by atoms with E-state index in [0.29, 0.717) is 6.79 Å². The van der Waals surface area contributed by atoms with Crippen LogP contribution in [0.5, 0.6) is 5.75 Å². The molecule has 0 radical (unpaired) electrons. The van der Waals surface area contributed by atoms with Gasteiger partial charge in [-0.25, -0.2) is 0 Å². The zero-order valence-corrected chi connectivity index (χ0v) is 15.2. The normalized spacial score (nSPS) is 15.3. The molecule has 0 saturated carbocycles. The van der Waals surface area contributed by atoms with E-state index in [1.54, 1.807) is 0 Å². The standard InChI is InChI=1S/C25H22O2/c1-3-7-20(8-4-1)11-12-21-13-14-23-18-25(16-15-22(23)17-21)27-19-26-24-9-5-2-6-10-24/h1-10,13-14,17,25H,15-16,18-19H2. The van der Waals surface area contributed by atoms with E-state index in [4.69, 9.17) is 9.47 Å². The van der Waals surface area contributed by atoms with Gasteiger partial charge < -0.3 is 9.47 Å². The molecule has 0 aromatic heterocycles. The monoisotopic (exact) mass is 354 g/mol. The Balaban J connectivity index is 1.34. The Morgan fingerprint density at radius 1 is 0.778 bits per heavy atom. The number of aryl methyl sites for hydroxylation is 1. The van der Waals surface area contributed by atoms with Gasteiger partial charge in [0.15, 0.2) is 6.79 Å². The van der Waals surface area contributed by atoms with Crippen molar-refractivity contribution in [2.24, 2.45) is 0 Å². The number of rotatable bonds is 4. The van der Waals surface area contributed by atoms with E-state index in [-0.39, 0.29) is 6.10 Å². The van der Waals surface area contributed by atoms with Gasteiger partial charge in [0.2, 0.25) is 0 Å². The molecule has 3 aromatic rings. The highest BCUT2D eigenvalue weighted by atomic mass is 16.7. The zero-order chi connectivity index (χ0) is 18.3. The lowest BCUT2D eigenvalue weighted by Gasteiger charge is -2.25. The molecule has 0 bridgehead atoms. The van der Waals surface area contributed by atoms with Crippen molar-refractivity contribution >= 4 is 0 Å². The van der Waals surface area contributed by atoms with E-state index in [2.05, 4.69) is 30.0 Å². The van der Waals surface area contributed by atoms with E-state index in [0.717, 1.165) is 36.1 Å². The second-order valence-electron chi connectivity index (χ2n) is 6.71. The van der Waals surface area contributed by atoms with Crippen molar-refractivity contribution < 1.29 is 9.47 Å². The maximum absolute atomic E-state index is 5.93. The van der Waals surface area contributed by atoms with Crippen LogP contribution in [0.2, 0.25) is 0 Å². The first kappa shape index (κ1) is 17.4. The SMILES string of the molecule is C(#Cc1ccc2c(c1)CCC(OCOc1ccccc1)C2)c1ccccc1. The van der Waals surface area contributed by atoms with E-state index in [1.807, 2.05) is 60.7 Å². The fraction of sp³-hybridized carbons (Fsp3) is 0.200. The fourth-order valence-corrected chi connectivity index (χ4v) is 3.32. The first-order valence-electron chi connectivity index (χ1n) is 9.35. The van der Waals surface area contributed by atoms with Crippen molar-refractivity contribution in [1.29, 1.82) is 0 Å². The Bertz CT molecular complexity index is 936. The molecule has 2 nitrogen and oxygen atoms in total. The van der Waals surface area contributed by atoms with Gasteiger partial charge in [-0.3, -0.25) is 0 Å². The minimum absolute atomic E-state index is 0.211. The quantitative estimate of drug-likeness (QED) is 0.485. The highest BCUT2D eigenvalue weighted by molar-refractivity contribution is 5.46. The lowest BCUT2D eigenvalue weighted by atomic mass is 9.88. The van der Waals surface area contributed by atoms with E-state index in [1.165, 1.54) is 11.1 Å². The lowest BCUT2D eigenvalue weighted by Crippen LogP contribution is -2.24. The maximum atomic E-state index is 5.93. The number of hydrogen-bond donors (Lipinski definition) is 0. The molecule has 0 aliphatic heterocycles. The van der Waals surface area contributed by atoms with E-state index < -0.39 is 0 Å². The summed E-state index contributed by atoms with van der Waals surface area (Å²) < 4.78 is 11.6. The van der Waals surface area contributed by atoms with Gasteiger partial charge in [0.05, 0.1) is 6.10 Å². The van der Waals surface area contributed by atoms with Crippen molar-refractivity contribution in [1.82, 2.24) is 0 Å². The molecule has 27 heavy (non-hydrogen) atoms. The van der Waals surface area contributed by atoms with Gasteiger partial charge >= 0.3 is 0 Å². The van der Waals surface area contributed by atoms with Crippen LogP contribution < -0.4 is 4.74 Å². The first-order chi connectivity index (χ1) is 13.4. The molecular weight excluding hydrogens is 332 g/mol. The predicted octanol–water partition coefficient (Wildman–Crippen LogP) is 5.00. The van der Waals surface area contributed by atoms with Crippen LogP contribution in [0.1, 0.15) is 28.7 Å². The first-order valence-corrected chi connectivity index (χ1v) is 9.35. The van der Waals surface area contributed by atoms with Crippen LogP contribution in [0.3, 0.4) is 0 Å². The van der Waals surface area contributed by atoms with Crippen molar-refractivity contribution in [3.63, 3.8) is 0 Å². The fourth-order valence-electron chi connectivity index (χ4n) is 3.32. The van der Waals surface area contributed by atoms with Gasteiger partial charge in [0.1, 0.15) is 5.75 Å². The molecule has 0 amide bonds. The number of para-hydroxylation sites is 1. The molecule has 1 aliphatic rings. The Morgan fingerprint density at radius 3 is 2.33 bits per heavy atom. The highest BCUT2D eigenvalue weighted by Crippen LogP contribution is 2.24. The molecule has 1 aliphatic carbocycles. The van der Waals surface area contributed by atoms with Crippen LogP contribution in [0.25, 0.3) is 0 Å². The minimum atomic E-state index is 0.211. The summed E-state index contributed by atoms with van der Waals surface area (Å²) in [5.41, 5.74) is 4.86. The molecule has 2 heteroatoms. The Labute approximate surface area is 160 Å². The third kappa shape index (κ3) is 4.78. The summed E-state index contributed by atoms with van der Waals surface area (Å²) in [5.74, 6) is 7.35. The summed E-state index contributed by atoms with van der Waals surface area (Å²) in [6.45, 7) is 0.296. The molecule has 1 unspecified atom stereocenters. The molecule has 0 N–H and O–H groups in total. The summed E-state index contributed by atoms with van der Waals surface area (Å²) in [6.07, 6.45) is 3.18. The van der Waals surface area contributed by atoms with Crippen molar-refractivity contribution in [3.05, 3.63) is 101 Å². The molecule has 4 rings (SSSR count). The Morgan fingerprint density at radius 2 is 1.52 bits per heavy atom. The van der Waals surface area contributed by atoms with Gasteiger partial charge in [-0.05, 0) is 66.8 Å². The van der Waals surface area contributed by atoms with Crippen LogP contribution in [0.4, 0.5) is 0 Å². The molecule has 0 heterocycles. The molecule has 134 valence electrons. The highest BCUT2D eigenvalue weighted by Gasteiger charge is 2.19. The number of fused-ring (bicyclic) bond motifs is 1. The van der Waals surface area contributed by atoms with Crippen LogP contribution in [-0.4, -0.2) is 12.9 Å². The zero-order valence-electron chi connectivity index (χ0n) is 15.2. The summed E-state index contributed by atoms with van der Waals surface area (Å²) in [5, 5.41) is 0. The maximum Gasteiger partial charge on any atom is 0.189 e. The average molecular weight is 354 g/mol. The van der Waals surface area contributed by atoms with Crippen LogP contribution in [0, 0.1) is 11.8 Å². The largest absolute Gasteiger partial charge is 0.468 e. The van der Waals surface area contributed by atoms with Gasteiger partial charge in [0.25, 0.3) is 0 Å². The molecule has 3 aromatic carbocycles. The second-order valence-corrected chi connectivity index (χ2v) is 6.71. The molecule has 0 fully saturated rings. The number of hydrogen-bond acceptors (Lipinski definition) is 2. The molecule has 1 atom stereocenters. The van der Waals surface area contributed by atoms with Crippen LogP contribution >= 0.6 is 0 Å². The van der Waals surface area contributed by atoms with Crippen molar-refractivity contribution in [3.8, 4) is 17.6 Å². The van der Waals surface area contributed by atoms with Gasteiger partial charge in [-0.2, -0.15) is 0 Å². The van der Waals surface area contributed by atoms with Crippen molar-refractivity contribution in [2.75, 3.05) is 6.79 Å². The molecule has 0 spiro atoms. The lowest BCUT2D eigenvalue weighted by molar-refractivity contribution is -0.0407. The Hall–Kier alpha value is -3.02. The third-order valence-electron chi connectivity index (χ3n) is 4.79. The molecule has 0 saturated heterocycles. The summed E-state index contributed by atoms with van der Waals surface area (Å²) in [6, 6.07) is 26.4. The number of ether oxygens (including phenoxy) is 2. The minimum Gasteiger partial charge on any atom is -0.468 e. The Kier molecular flexibility index (Phi) is 5.53. The van der Waals surface area contributed by atoms with Crippen LogP contribution in [-0.2, 0) is 17.6 Å². The van der Waals surface area contributed by atoms with Gasteiger partial charge in [0, 0.05) is 11.1 Å². The van der Waals surface area contributed by atoms with Crippen LogP contribution in [0.15, 0.2) is 78.9 Å². The third-order valence-corrected chi connectivity index (χ3v) is 4.79.